The highest BCUT2D eigenvalue weighted by Gasteiger charge is 2.37. The largest absolute Gasteiger partial charge is 0.353 e. The Bertz CT molecular complexity index is 265. The maximum absolute atomic E-state index is 11.3. The fraction of sp³-hybridized carbons (Fsp3) is 0.933. The molecular formula is C15H29NO. The summed E-state index contributed by atoms with van der Waals surface area (Å²) in [5.41, 5.74) is 0.360. The predicted octanol–water partition coefficient (Wildman–Crippen LogP) is 3.61. The maximum Gasteiger partial charge on any atom is 0.217 e. The number of hydrogen-bond donors (Lipinski definition) is 1. The molecule has 1 rings (SSSR count). The minimum Gasteiger partial charge on any atom is -0.353 e. The average molecular weight is 239 g/mol. The molecule has 0 aromatic rings. The highest BCUT2D eigenvalue weighted by Crippen LogP contribution is 2.41. The number of nitrogens with one attached hydrogen (secondary N) is 1. The third-order valence-corrected chi connectivity index (χ3v) is 4.37. The Balaban J connectivity index is 2.73. The minimum atomic E-state index is 0.121. The fourth-order valence-electron chi connectivity index (χ4n) is 3.21. The molecule has 1 fully saturated rings. The van der Waals surface area contributed by atoms with Gasteiger partial charge in [0.25, 0.3) is 0 Å². The van der Waals surface area contributed by atoms with Crippen molar-refractivity contribution < 1.29 is 4.79 Å². The van der Waals surface area contributed by atoms with Crippen molar-refractivity contribution in [2.24, 2.45) is 23.2 Å². The zero-order valence-electron chi connectivity index (χ0n) is 12.3. The number of amides is 1. The topological polar surface area (TPSA) is 29.1 Å². The van der Waals surface area contributed by atoms with Crippen molar-refractivity contribution in [3.8, 4) is 0 Å². The van der Waals surface area contributed by atoms with Crippen LogP contribution in [0.25, 0.3) is 0 Å². The number of rotatable bonds is 2. The van der Waals surface area contributed by atoms with Gasteiger partial charge in [-0.1, -0.05) is 34.6 Å². The van der Waals surface area contributed by atoms with E-state index in [2.05, 4.69) is 39.9 Å². The lowest BCUT2D eigenvalue weighted by atomic mass is 9.65. The third-order valence-electron chi connectivity index (χ3n) is 4.37. The summed E-state index contributed by atoms with van der Waals surface area (Å²) in [5, 5.41) is 3.18. The standard InChI is InChI=1S/C15H29NO/c1-10(2)13-8-7-12(15(4,5)6)9-14(13)16-11(3)17/h10,12-14H,7-9H2,1-6H3,(H,16,17). The molecule has 3 atom stereocenters. The normalized spacial score (nSPS) is 30.4. The third kappa shape index (κ3) is 4.01. The van der Waals surface area contributed by atoms with Crippen LogP contribution in [-0.2, 0) is 4.79 Å². The summed E-state index contributed by atoms with van der Waals surface area (Å²) in [6.07, 6.45) is 3.71. The number of hydrogen-bond acceptors (Lipinski definition) is 1. The van der Waals surface area contributed by atoms with Crippen molar-refractivity contribution in [2.45, 2.75) is 66.8 Å². The molecule has 17 heavy (non-hydrogen) atoms. The summed E-state index contributed by atoms with van der Waals surface area (Å²) in [7, 11) is 0. The number of carbonyl (C=O) groups excluding carboxylic acids is 1. The summed E-state index contributed by atoms with van der Waals surface area (Å²) >= 11 is 0. The molecule has 2 heteroatoms. The molecule has 0 spiro atoms. The second kappa shape index (κ2) is 5.41. The molecule has 3 unspecified atom stereocenters. The smallest absolute Gasteiger partial charge is 0.217 e. The van der Waals surface area contributed by atoms with Crippen LogP contribution in [0, 0.1) is 23.2 Å². The molecule has 1 N–H and O–H groups in total. The van der Waals surface area contributed by atoms with Gasteiger partial charge in [0.15, 0.2) is 0 Å². The summed E-state index contributed by atoms with van der Waals surface area (Å²) in [5.74, 6) is 2.16. The predicted molar refractivity (Wildman–Crippen MR) is 72.7 cm³/mol. The van der Waals surface area contributed by atoms with Crippen LogP contribution in [0.3, 0.4) is 0 Å². The van der Waals surface area contributed by atoms with Crippen LogP contribution in [0.4, 0.5) is 0 Å². The first-order valence-corrected chi connectivity index (χ1v) is 6.99. The molecule has 0 aromatic carbocycles. The van der Waals surface area contributed by atoms with Gasteiger partial charge in [0.1, 0.15) is 0 Å². The molecule has 2 nitrogen and oxygen atoms in total. The van der Waals surface area contributed by atoms with E-state index in [4.69, 9.17) is 0 Å². The highest BCUT2D eigenvalue weighted by molar-refractivity contribution is 5.73. The van der Waals surface area contributed by atoms with Crippen molar-refractivity contribution in [3.05, 3.63) is 0 Å². The molecule has 1 aliphatic rings. The van der Waals surface area contributed by atoms with Gasteiger partial charge in [0.2, 0.25) is 5.91 Å². The average Bonchev–Trinajstić information content (AvgIpc) is 2.14. The zero-order chi connectivity index (χ0) is 13.2. The van der Waals surface area contributed by atoms with Crippen molar-refractivity contribution in [1.82, 2.24) is 5.32 Å². The lowest BCUT2D eigenvalue weighted by Gasteiger charge is -2.43. The van der Waals surface area contributed by atoms with E-state index in [9.17, 15) is 4.79 Å². The Morgan fingerprint density at radius 3 is 2.24 bits per heavy atom. The molecule has 100 valence electrons. The first-order valence-electron chi connectivity index (χ1n) is 6.99. The van der Waals surface area contributed by atoms with Crippen molar-refractivity contribution in [2.75, 3.05) is 0 Å². The first kappa shape index (κ1) is 14.5. The van der Waals surface area contributed by atoms with Crippen LogP contribution < -0.4 is 5.32 Å². The van der Waals surface area contributed by atoms with Crippen LogP contribution in [0.15, 0.2) is 0 Å². The molecule has 0 radical (unpaired) electrons. The lowest BCUT2D eigenvalue weighted by molar-refractivity contribution is -0.120. The maximum atomic E-state index is 11.3. The lowest BCUT2D eigenvalue weighted by Crippen LogP contribution is -2.47. The zero-order valence-corrected chi connectivity index (χ0v) is 12.3. The molecule has 0 heterocycles. The van der Waals surface area contributed by atoms with Crippen molar-refractivity contribution in [3.63, 3.8) is 0 Å². The Hall–Kier alpha value is -0.530. The Morgan fingerprint density at radius 1 is 1.24 bits per heavy atom. The van der Waals surface area contributed by atoms with Gasteiger partial charge >= 0.3 is 0 Å². The van der Waals surface area contributed by atoms with Gasteiger partial charge < -0.3 is 5.32 Å². The Morgan fingerprint density at radius 2 is 1.82 bits per heavy atom. The SMILES string of the molecule is CC(=O)NC1CC(C(C)(C)C)CCC1C(C)C. The van der Waals surface area contributed by atoms with Crippen LogP contribution in [0.1, 0.15) is 60.8 Å². The van der Waals surface area contributed by atoms with E-state index in [-0.39, 0.29) is 5.91 Å². The Kier molecular flexibility index (Phi) is 4.62. The second-order valence-corrected chi connectivity index (χ2v) is 7.09. The van der Waals surface area contributed by atoms with E-state index in [1.54, 1.807) is 6.92 Å². The van der Waals surface area contributed by atoms with Crippen LogP contribution in [0.5, 0.6) is 0 Å². The van der Waals surface area contributed by atoms with Gasteiger partial charge in [0, 0.05) is 13.0 Å². The van der Waals surface area contributed by atoms with E-state index in [0.717, 1.165) is 12.3 Å². The highest BCUT2D eigenvalue weighted by atomic mass is 16.1. The molecular weight excluding hydrogens is 210 g/mol. The molecule has 1 amide bonds. The fourth-order valence-corrected chi connectivity index (χ4v) is 3.21. The van der Waals surface area contributed by atoms with Gasteiger partial charge in [-0.15, -0.1) is 0 Å². The summed E-state index contributed by atoms with van der Waals surface area (Å²) in [6.45, 7) is 13.1. The van der Waals surface area contributed by atoms with Crippen molar-refractivity contribution >= 4 is 5.91 Å². The van der Waals surface area contributed by atoms with E-state index in [1.165, 1.54) is 12.8 Å². The molecule has 0 aromatic heterocycles. The van der Waals surface area contributed by atoms with Crippen LogP contribution in [-0.4, -0.2) is 11.9 Å². The summed E-state index contributed by atoms with van der Waals surface area (Å²) < 4.78 is 0. The van der Waals surface area contributed by atoms with E-state index >= 15 is 0 Å². The van der Waals surface area contributed by atoms with Crippen LogP contribution >= 0.6 is 0 Å². The Labute approximate surface area is 107 Å². The molecule has 1 saturated carbocycles. The van der Waals surface area contributed by atoms with E-state index in [1.807, 2.05) is 0 Å². The van der Waals surface area contributed by atoms with Gasteiger partial charge in [-0.05, 0) is 42.4 Å². The molecule has 0 aliphatic heterocycles. The van der Waals surface area contributed by atoms with Gasteiger partial charge in [-0.3, -0.25) is 4.79 Å². The molecule has 0 saturated heterocycles. The van der Waals surface area contributed by atoms with Gasteiger partial charge in [-0.2, -0.15) is 0 Å². The minimum absolute atomic E-state index is 0.121. The molecule has 1 aliphatic carbocycles. The second-order valence-electron chi connectivity index (χ2n) is 7.09. The number of carbonyl (C=O) groups is 1. The summed E-state index contributed by atoms with van der Waals surface area (Å²) in [4.78, 5) is 11.3. The monoisotopic (exact) mass is 239 g/mol. The quantitative estimate of drug-likeness (QED) is 0.783. The van der Waals surface area contributed by atoms with E-state index in [0.29, 0.717) is 23.3 Å². The molecule has 0 bridgehead atoms. The van der Waals surface area contributed by atoms with Crippen LogP contribution in [0.2, 0.25) is 0 Å². The van der Waals surface area contributed by atoms with E-state index < -0.39 is 0 Å². The summed E-state index contributed by atoms with van der Waals surface area (Å²) in [6, 6.07) is 0.380. The first-order chi connectivity index (χ1) is 7.71. The van der Waals surface area contributed by atoms with Gasteiger partial charge in [-0.25, -0.2) is 0 Å². The van der Waals surface area contributed by atoms with Crippen molar-refractivity contribution in [1.29, 1.82) is 0 Å². The van der Waals surface area contributed by atoms with Gasteiger partial charge in [0.05, 0.1) is 0 Å².